The molecule has 0 unspecified atom stereocenters. The molecule has 3 amide bonds. The van der Waals surface area contributed by atoms with Crippen LogP contribution in [0.5, 0.6) is 5.75 Å². The lowest BCUT2D eigenvalue weighted by molar-refractivity contribution is 0.102. The van der Waals surface area contributed by atoms with Crippen LogP contribution in [0.25, 0.3) is 0 Å². The second-order valence-electron chi connectivity index (χ2n) is 4.45. The first-order chi connectivity index (χ1) is 10.6. The number of benzene rings is 2. The number of anilines is 2. The van der Waals surface area contributed by atoms with Crippen molar-refractivity contribution in [2.24, 2.45) is 5.73 Å². The fourth-order valence-electron chi connectivity index (χ4n) is 1.95. The number of nitrogens with one attached hydrogen (secondary N) is 2. The maximum atomic E-state index is 12.3. The van der Waals surface area contributed by atoms with Crippen molar-refractivity contribution in [1.82, 2.24) is 0 Å². The van der Waals surface area contributed by atoms with Crippen LogP contribution < -0.4 is 21.1 Å². The molecule has 2 rings (SSSR count). The van der Waals surface area contributed by atoms with Crippen LogP contribution in [-0.4, -0.2) is 18.5 Å². The summed E-state index contributed by atoms with van der Waals surface area (Å²) in [5.41, 5.74) is 6.56. The van der Waals surface area contributed by atoms with E-state index in [0.717, 1.165) is 0 Å². The topological polar surface area (TPSA) is 93.4 Å². The van der Waals surface area contributed by atoms with Crippen LogP contribution in [0.15, 0.2) is 48.5 Å². The molecule has 0 spiro atoms. The summed E-state index contributed by atoms with van der Waals surface area (Å²) >= 11 is 0. The molecular weight excluding hydrogens is 282 g/mol. The Hall–Kier alpha value is -3.02. The molecule has 2 aromatic carbocycles. The molecule has 0 aliphatic heterocycles. The molecule has 0 aliphatic rings. The lowest BCUT2D eigenvalue weighted by atomic mass is 10.2. The molecule has 2 aromatic rings. The van der Waals surface area contributed by atoms with E-state index in [9.17, 15) is 9.59 Å². The van der Waals surface area contributed by atoms with E-state index in [4.69, 9.17) is 10.5 Å². The van der Waals surface area contributed by atoms with Crippen molar-refractivity contribution in [2.75, 3.05) is 17.2 Å². The third-order valence-corrected chi connectivity index (χ3v) is 2.82. The molecule has 6 heteroatoms. The van der Waals surface area contributed by atoms with E-state index in [1.807, 2.05) is 6.92 Å². The van der Waals surface area contributed by atoms with Gasteiger partial charge in [-0.1, -0.05) is 18.2 Å². The molecule has 114 valence electrons. The number of nitrogens with two attached hydrogens (primary N) is 1. The van der Waals surface area contributed by atoms with Crippen LogP contribution in [0.1, 0.15) is 17.3 Å². The number of primary amides is 1. The molecule has 0 aliphatic carbocycles. The van der Waals surface area contributed by atoms with Crippen molar-refractivity contribution in [2.45, 2.75) is 6.92 Å². The van der Waals surface area contributed by atoms with Crippen LogP contribution in [0.4, 0.5) is 16.2 Å². The largest absolute Gasteiger partial charge is 0.493 e. The van der Waals surface area contributed by atoms with Gasteiger partial charge in [0.1, 0.15) is 5.75 Å². The summed E-state index contributed by atoms with van der Waals surface area (Å²) < 4.78 is 5.44. The maximum absolute atomic E-state index is 12.3. The zero-order valence-corrected chi connectivity index (χ0v) is 12.1. The van der Waals surface area contributed by atoms with E-state index in [0.29, 0.717) is 29.3 Å². The number of carbonyl (C=O) groups excluding carboxylic acids is 2. The predicted octanol–water partition coefficient (Wildman–Crippen LogP) is 2.83. The molecule has 0 bridgehead atoms. The van der Waals surface area contributed by atoms with Gasteiger partial charge in [0.05, 0.1) is 12.2 Å². The second-order valence-corrected chi connectivity index (χ2v) is 4.45. The smallest absolute Gasteiger partial charge is 0.316 e. The van der Waals surface area contributed by atoms with E-state index < -0.39 is 6.03 Å². The summed E-state index contributed by atoms with van der Waals surface area (Å²) in [7, 11) is 0. The highest BCUT2D eigenvalue weighted by Crippen LogP contribution is 2.21. The summed E-state index contributed by atoms with van der Waals surface area (Å²) in [4.78, 5) is 23.2. The number of para-hydroxylation sites is 1. The Labute approximate surface area is 128 Å². The van der Waals surface area contributed by atoms with Crippen molar-refractivity contribution >= 4 is 23.3 Å². The Morgan fingerprint density at radius 2 is 1.73 bits per heavy atom. The average molecular weight is 299 g/mol. The summed E-state index contributed by atoms with van der Waals surface area (Å²) in [6.45, 7) is 2.33. The quantitative estimate of drug-likeness (QED) is 0.792. The number of hydrogen-bond acceptors (Lipinski definition) is 3. The predicted molar refractivity (Wildman–Crippen MR) is 85.2 cm³/mol. The standard InChI is InChI=1S/C16H17N3O3/c1-2-22-14-9-4-3-8-13(14)15(20)18-11-6-5-7-12(10-11)19-16(17)21/h3-10H,2H2,1H3,(H,18,20)(H3,17,19,21). The summed E-state index contributed by atoms with van der Waals surface area (Å²) in [6.07, 6.45) is 0. The van der Waals surface area contributed by atoms with Gasteiger partial charge < -0.3 is 21.1 Å². The molecule has 0 fully saturated rings. The highest BCUT2D eigenvalue weighted by atomic mass is 16.5. The Morgan fingerprint density at radius 1 is 1.05 bits per heavy atom. The number of carbonyl (C=O) groups is 2. The van der Waals surface area contributed by atoms with Crippen molar-refractivity contribution < 1.29 is 14.3 Å². The molecule has 0 aromatic heterocycles. The van der Waals surface area contributed by atoms with Gasteiger partial charge >= 0.3 is 6.03 Å². The third kappa shape index (κ3) is 3.99. The summed E-state index contributed by atoms with van der Waals surface area (Å²) in [5.74, 6) is 0.231. The highest BCUT2D eigenvalue weighted by Gasteiger charge is 2.12. The Kier molecular flexibility index (Phi) is 4.98. The van der Waals surface area contributed by atoms with E-state index in [2.05, 4.69) is 10.6 Å². The molecule has 22 heavy (non-hydrogen) atoms. The molecule has 4 N–H and O–H groups in total. The lowest BCUT2D eigenvalue weighted by Gasteiger charge is -2.11. The zero-order valence-electron chi connectivity index (χ0n) is 12.1. The number of rotatable bonds is 5. The van der Waals surface area contributed by atoms with Crippen LogP contribution in [-0.2, 0) is 0 Å². The zero-order chi connectivity index (χ0) is 15.9. The molecule has 0 heterocycles. The summed E-state index contributed by atoms with van der Waals surface area (Å²) in [6, 6.07) is 13.0. The third-order valence-electron chi connectivity index (χ3n) is 2.82. The van der Waals surface area contributed by atoms with E-state index >= 15 is 0 Å². The molecule has 0 atom stereocenters. The van der Waals surface area contributed by atoms with Gasteiger partial charge in [-0.25, -0.2) is 4.79 Å². The van der Waals surface area contributed by atoms with Crippen LogP contribution in [0.3, 0.4) is 0 Å². The van der Waals surface area contributed by atoms with Gasteiger partial charge in [0, 0.05) is 11.4 Å². The first-order valence-corrected chi connectivity index (χ1v) is 6.80. The minimum Gasteiger partial charge on any atom is -0.493 e. The van der Waals surface area contributed by atoms with Gasteiger partial charge in [0.15, 0.2) is 0 Å². The van der Waals surface area contributed by atoms with Crippen LogP contribution in [0.2, 0.25) is 0 Å². The molecule has 0 radical (unpaired) electrons. The summed E-state index contributed by atoms with van der Waals surface area (Å²) in [5, 5.41) is 5.21. The first-order valence-electron chi connectivity index (χ1n) is 6.80. The van der Waals surface area contributed by atoms with Gasteiger partial charge in [-0.3, -0.25) is 4.79 Å². The Morgan fingerprint density at radius 3 is 2.41 bits per heavy atom. The van der Waals surface area contributed by atoms with E-state index in [1.54, 1.807) is 48.5 Å². The molecular formula is C16H17N3O3. The van der Waals surface area contributed by atoms with Crippen molar-refractivity contribution in [1.29, 1.82) is 0 Å². The number of ether oxygens (including phenoxy) is 1. The van der Waals surface area contributed by atoms with Crippen LogP contribution in [0, 0.1) is 0 Å². The van der Waals surface area contributed by atoms with Gasteiger partial charge in [0.25, 0.3) is 5.91 Å². The number of hydrogen-bond donors (Lipinski definition) is 3. The number of amides is 3. The first kappa shape index (κ1) is 15.4. The lowest BCUT2D eigenvalue weighted by Crippen LogP contribution is -2.19. The van der Waals surface area contributed by atoms with Gasteiger partial charge in [-0.2, -0.15) is 0 Å². The normalized spacial score (nSPS) is 9.86. The van der Waals surface area contributed by atoms with Crippen molar-refractivity contribution in [3.63, 3.8) is 0 Å². The minimum absolute atomic E-state index is 0.291. The second kappa shape index (κ2) is 7.12. The fraction of sp³-hybridized carbons (Fsp3) is 0.125. The Balaban J connectivity index is 2.17. The Bertz CT molecular complexity index is 686. The highest BCUT2D eigenvalue weighted by molar-refractivity contribution is 6.06. The maximum Gasteiger partial charge on any atom is 0.316 e. The van der Waals surface area contributed by atoms with Crippen molar-refractivity contribution in [3.8, 4) is 5.75 Å². The monoisotopic (exact) mass is 299 g/mol. The van der Waals surface area contributed by atoms with Gasteiger partial charge in [0.2, 0.25) is 0 Å². The average Bonchev–Trinajstić information content (AvgIpc) is 2.47. The van der Waals surface area contributed by atoms with Gasteiger partial charge in [-0.15, -0.1) is 0 Å². The van der Waals surface area contributed by atoms with E-state index in [-0.39, 0.29) is 5.91 Å². The molecule has 0 saturated carbocycles. The minimum atomic E-state index is -0.662. The SMILES string of the molecule is CCOc1ccccc1C(=O)Nc1cccc(NC(N)=O)c1. The van der Waals surface area contributed by atoms with Crippen molar-refractivity contribution in [3.05, 3.63) is 54.1 Å². The molecule has 6 nitrogen and oxygen atoms in total. The van der Waals surface area contributed by atoms with E-state index in [1.165, 1.54) is 0 Å². The van der Waals surface area contributed by atoms with Gasteiger partial charge in [-0.05, 0) is 37.3 Å². The molecule has 0 saturated heterocycles. The fourth-order valence-corrected chi connectivity index (χ4v) is 1.95. The number of urea groups is 1. The van der Waals surface area contributed by atoms with Crippen LogP contribution >= 0.6 is 0 Å².